The Labute approximate surface area is 181 Å². The number of carbonyl (C=O) groups excluding carboxylic acids is 1. The van der Waals surface area contributed by atoms with Crippen LogP contribution in [0.4, 0.5) is 0 Å². The molecule has 1 saturated carbocycles. The molecular formula is C25H37N3O2. The third-order valence-electron chi connectivity index (χ3n) is 5.77. The normalized spacial score (nSPS) is 17.1. The molecular weight excluding hydrogens is 374 g/mol. The smallest absolute Gasteiger partial charge is 0.263 e. The lowest BCUT2D eigenvalue weighted by Gasteiger charge is -2.19. The molecule has 1 aromatic rings. The summed E-state index contributed by atoms with van der Waals surface area (Å²) in [6, 6.07) is 10.1. The number of ether oxygens (including phenoxy) is 1. The van der Waals surface area contributed by atoms with Gasteiger partial charge in [0.05, 0.1) is 7.11 Å². The van der Waals surface area contributed by atoms with Crippen LogP contribution in [0.5, 0.6) is 5.75 Å². The van der Waals surface area contributed by atoms with E-state index in [0.717, 1.165) is 37.9 Å². The van der Waals surface area contributed by atoms with Gasteiger partial charge in [0.1, 0.15) is 17.4 Å². The standard InChI is InChI=1S/C25H37N3O2/c1-30-24-15-13-21(14-16-24)17-18-27-20-22(19-26)25(29)28-23-11-9-7-5-3-2-4-6-8-10-12-23/h13-16,20,23,27H,2-12,17-18H2,1H3,(H,28,29)/b22-20-. The summed E-state index contributed by atoms with van der Waals surface area (Å²) in [7, 11) is 1.65. The van der Waals surface area contributed by atoms with Crippen molar-refractivity contribution in [1.29, 1.82) is 5.26 Å². The molecule has 1 aliphatic rings. The summed E-state index contributed by atoms with van der Waals surface area (Å²) < 4.78 is 5.16. The Kier molecular flexibility index (Phi) is 11.5. The number of nitrogens with zero attached hydrogens (tertiary/aromatic N) is 1. The lowest BCUT2D eigenvalue weighted by Crippen LogP contribution is -2.36. The van der Waals surface area contributed by atoms with Gasteiger partial charge in [0.25, 0.3) is 5.91 Å². The summed E-state index contributed by atoms with van der Waals surface area (Å²) in [6.07, 6.45) is 15.8. The van der Waals surface area contributed by atoms with Crippen LogP contribution >= 0.6 is 0 Å². The Hall–Kier alpha value is -2.48. The molecule has 0 saturated heterocycles. The van der Waals surface area contributed by atoms with E-state index < -0.39 is 0 Å². The molecule has 0 aliphatic heterocycles. The molecule has 0 unspecified atom stereocenters. The van der Waals surface area contributed by atoms with E-state index in [1.165, 1.54) is 50.5 Å². The number of rotatable bonds is 7. The van der Waals surface area contributed by atoms with E-state index in [1.54, 1.807) is 13.3 Å². The highest BCUT2D eigenvalue weighted by Gasteiger charge is 2.15. The molecule has 0 spiro atoms. The van der Waals surface area contributed by atoms with Crippen LogP contribution < -0.4 is 15.4 Å². The fourth-order valence-electron chi connectivity index (χ4n) is 3.90. The molecule has 0 bridgehead atoms. The maximum absolute atomic E-state index is 12.6. The molecule has 0 aromatic heterocycles. The van der Waals surface area contributed by atoms with Crippen molar-refractivity contribution in [3.63, 3.8) is 0 Å². The Morgan fingerprint density at radius 2 is 1.60 bits per heavy atom. The first-order valence-electron chi connectivity index (χ1n) is 11.5. The SMILES string of the molecule is COc1ccc(CCN/C=C(/C#N)C(=O)NC2CCCCCCCCCCC2)cc1. The average molecular weight is 412 g/mol. The largest absolute Gasteiger partial charge is 0.497 e. The predicted octanol–water partition coefficient (Wildman–Crippen LogP) is 5.02. The molecule has 5 heteroatoms. The number of methoxy groups -OCH3 is 1. The number of hydrogen-bond donors (Lipinski definition) is 2. The molecule has 0 heterocycles. The first-order valence-corrected chi connectivity index (χ1v) is 11.5. The Morgan fingerprint density at radius 1 is 1.03 bits per heavy atom. The fraction of sp³-hybridized carbons (Fsp3) is 0.600. The van der Waals surface area contributed by atoms with Gasteiger partial charge in [-0.2, -0.15) is 5.26 Å². The van der Waals surface area contributed by atoms with Gasteiger partial charge in [-0.15, -0.1) is 0 Å². The first kappa shape index (κ1) is 23.8. The minimum absolute atomic E-state index is 0.149. The van der Waals surface area contributed by atoms with Gasteiger partial charge in [0, 0.05) is 18.8 Å². The van der Waals surface area contributed by atoms with Crippen molar-refractivity contribution in [3.05, 3.63) is 41.6 Å². The van der Waals surface area contributed by atoms with Crippen LogP contribution in [0.15, 0.2) is 36.0 Å². The Balaban J connectivity index is 1.79. The Bertz CT molecular complexity index is 679. The number of nitrogens with one attached hydrogen (secondary N) is 2. The predicted molar refractivity (Wildman–Crippen MR) is 121 cm³/mol. The summed E-state index contributed by atoms with van der Waals surface area (Å²) in [6.45, 7) is 0.661. The van der Waals surface area contributed by atoms with Crippen molar-refractivity contribution < 1.29 is 9.53 Å². The minimum atomic E-state index is -0.258. The van der Waals surface area contributed by atoms with E-state index in [9.17, 15) is 10.1 Å². The lowest BCUT2D eigenvalue weighted by molar-refractivity contribution is -0.117. The van der Waals surface area contributed by atoms with Gasteiger partial charge < -0.3 is 15.4 Å². The molecule has 164 valence electrons. The van der Waals surface area contributed by atoms with Crippen LogP contribution in [0.3, 0.4) is 0 Å². The maximum atomic E-state index is 12.6. The summed E-state index contributed by atoms with van der Waals surface area (Å²) in [4.78, 5) is 12.6. The van der Waals surface area contributed by atoms with Crippen molar-refractivity contribution in [2.75, 3.05) is 13.7 Å². The van der Waals surface area contributed by atoms with Gasteiger partial charge in [-0.25, -0.2) is 0 Å². The number of carbonyl (C=O) groups is 1. The van der Waals surface area contributed by atoms with Crippen LogP contribution in [0.1, 0.15) is 76.2 Å². The monoisotopic (exact) mass is 411 g/mol. The zero-order valence-corrected chi connectivity index (χ0v) is 18.4. The summed E-state index contributed by atoms with van der Waals surface area (Å²) in [5.74, 6) is 0.577. The topological polar surface area (TPSA) is 74.1 Å². The maximum Gasteiger partial charge on any atom is 0.263 e. The number of benzene rings is 1. The van der Waals surface area contributed by atoms with Crippen LogP contribution in [0, 0.1) is 11.3 Å². The van der Waals surface area contributed by atoms with Crippen LogP contribution in [-0.4, -0.2) is 25.6 Å². The average Bonchev–Trinajstić information content (AvgIpc) is 2.76. The van der Waals surface area contributed by atoms with Crippen molar-refractivity contribution >= 4 is 5.91 Å². The van der Waals surface area contributed by atoms with E-state index in [2.05, 4.69) is 10.6 Å². The van der Waals surface area contributed by atoms with Crippen LogP contribution in [-0.2, 0) is 11.2 Å². The van der Waals surface area contributed by atoms with E-state index in [4.69, 9.17) is 4.74 Å². The third-order valence-corrected chi connectivity index (χ3v) is 5.77. The molecule has 2 N–H and O–H groups in total. The molecule has 1 amide bonds. The van der Waals surface area contributed by atoms with E-state index >= 15 is 0 Å². The van der Waals surface area contributed by atoms with Gasteiger partial charge in [0.2, 0.25) is 0 Å². The highest BCUT2D eigenvalue weighted by atomic mass is 16.5. The molecule has 0 atom stereocenters. The zero-order valence-electron chi connectivity index (χ0n) is 18.4. The first-order chi connectivity index (χ1) is 14.7. The van der Waals surface area contributed by atoms with Crippen LogP contribution in [0.25, 0.3) is 0 Å². The second kappa shape index (κ2) is 14.5. The summed E-state index contributed by atoms with van der Waals surface area (Å²) >= 11 is 0. The van der Waals surface area contributed by atoms with Gasteiger partial charge in [-0.1, -0.05) is 69.9 Å². The lowest BCUT2D eigenvalue weighted by atomic mass is 9.98. The molecule has 5 nitrogen and oxygen atoms in total. The van der Waals surface area contributed by atoms with Crippen molar-refractivity contribution in [2.45, 2.75) is 83.1 Å². The molecule has 1 fully saturated rings. The quantitative estimate of drug-likeness (QED) is 0.375. The summed E-state index contributed by atoms with van der Waals surface area (Å²) in [5, 5.41) is 15.6. The van der Waals surface area contributed by atoms with Gasteiger partial charge in [-0.3, -0.25) is 4.79 Å². The highest BCUT2D eigenvalue weighted by molar-refractivity contribution is 5.97. The molecule has 0 radical (unpaired) electrons. The second-order valence-corrected chi connectivity index (χ2v) is 8.15. The Morgan fingerprint density at radius 3 is 2.13 bits per heavy atom. The van der Waals surface area contributed by atoms with Gasteiger partial charge in [0.15, 0.2) is 0 Å². The third kappa shape index (κ3) is 9.35. The van der Waals surface area contributed by atoms with Crippen LogP contribution in [0.2, 0.25) is 0 Å². The van der Waals surface area contributed by atoms with Crippen molar-refractivity contribution in [1.82, 2.24) is 10.6 Å². The van der Waals surface area contributed by atoms with Gasteiger partial charge >= 0.3 is 0 Å². The molecule has 1 aromatic carbocycles. The van der Waals surface area contributed by atoms with Crippen molar-refractivity contribution in [3.8, 4) is 11.8 Å². The minimum Gasteiger partial charge on any atom is -0.497 e. The van der Waals surface area contributed by atoms with E-state index in [0.29, 0.717) is 6.54 Å². The number of hydrogen-bond acceptors (Lipinski definition) is 4. The highest BCUT2D eigenvalue weighted by Crippen LogP contribution is 2.17. The van der Waals surface area contributed by atoms with E-state index in [1.807, 2.05) is 30.3 Å². The fourth-order valence-corrected chi connectivity index (χ4v) is 3.90. The molecule has 2 rings (SSSR count). The number of amides is 1. The molecule has 1 aliphatic carbocycles. The van der Waals surface area contributed by atoms with E-state index in [-0.39, 0.29) is 17.5 Å². The van der Waals surface area contributed by atoms with Crippen molar-refractivity contribution in [2.24, 2.45) is 0 Å². The zero-order chi connectivity index (χ0) is 21.4. The van der Waals surface area contributed by atoms with Gasteiger partial charge in [-0.05, 0) is 37.0 Å². The second-order valence-electron chi connectivity index (χ2n) is 8.15. The summed E-state index contributed by atoms with van der Waals surface area (Å²) in [5.41, 5.74) is 1.32. The molecule has 30 heavy (non-hydrogen) atoms. The number of nitriles is 1.